The maximum Gasteiger partial charge on any atom is 0.416 e. The van der Waals surface area contributed by atoms with Crippen molar-refractivity contribution in [3.63, 3.8) is 0 Å². The molecule has 0 aliphatic rings. The minimum Gasteiger partial charge on any atom is -0.327 e. The lowest BCUT2D eigenvalue weighted by molar-refractivity contribution is -0.137. The van der Waals surface area contributed by atoms with Crippen LogP contribution in [0.4, 0.5) is 13.2 Å². The number of aromatic amines is 1. The van der Waals surface area contributed by atoms with E-state index in [2.05, 4.69) is 9.97 Å². The number of imidazole rings is 1. The number of ketones is 1. The van der Waals surface area contributed by atoms with Crippen LogP contribution in [0.5, 0.6) is 0 Å². The van der Waals surface area contributed by atoms with E-state index in [0.29, 0.717) is 0 Å². The van der Waals surface area contributed by atoms with Crippen molar-refractivity contribution < 1.29 is 18.0 Å². The number of Topliss-reactive ketones (excluding diaryl/α,β-unsaturated/α-hetero) is 1. The van der Waals surface area contributed by atoms with Crippen molar-refractivity contribution in [2.75, 3.05) is 5.75 Å². The molecular formula is C16H13F3N4O3S. The Morgan fingerprint density at radius 3 is 2.37 bits per heavy atom. The predicted octanol–water partition coefficient (Wildman–Crippen LogP) is 1.95. The van der Waals surface area contributed by atoms with Gasteiger partial charge in [0.25, 0.3) is 5.56 Å². The van der Waals surface area contributed by atoms with Crippen molar-refractivity contribution in [1.82, 2.24) is 19.1 Å². The van der Waals surface area contributed by atoms with E-state index in [1.54, 1.807) is 0 Å². The van der Waals surface area contributed by atoms with Crippen LogP contribution in [0.15, 0.2) is 39.0 Å². The van der Waals surface area contributed by atoms with Crippen LogP contribution in [0.3, 0.4) is 0 Å². The number of thioether (sulfide) groups is 1. The molecule has 2 heterocycles. The van der Waals surface area contributed by atoms with Gasteiger partial charge in [-0.25, -0.2) is 9.78 Å². The average Bonchev–Trinajstić information content (AvgIpc) is 3.06. The third-order valence-electron chi connectivity index (χ3n) is 3.95. The number of hydrogen-bond acceptors (Lipinski definition) is 5. The van der Waals surface area contributed by atoms with Gasteiger partial charge in [-0.15, -0.1) is 0 Å². The molecule has 0 saturated carbocycles. The highest BCUT2D eigenvalue weighted by atomic mass is 32.2. The second-order valence-electron chi connectivity index (χ2n) is 5.73. The van der Waals surface area contributed by atoms with Gasteiger partial charge in [-0.1, -0.05) is 23.9 Å². The summed E-state index contributed by atoms with van der Waals surface area (Å²) in [6.45, 7) is 0. The molecule has 2 aromatic heterocycles. The zero-order valence-corrected chi connectivity index (χ0v) is 14.9. The number of carbonyl (C=O) groups is 1. The summed E-state index contributed by atoms with van der Waals surface area (Å²) >= 11 is 0.986. The number of fused-ring (bicyclic) bond motifs is 1. The van der Waals surface area contributed by atoms with E-state index in [4.69, 9.17) is 0 Å². The van der Waals surface area contributed by atoms with Gasteiger partial charge in [0, 0.05) is 19.7 Å². The van der Waals surface area contributed by atoms with Crippen molar-refractivity contribution in [3.05, 3.63) is 56.2 Å². The maximum absolute atomic E-state index is 12.6. The molecule has 0 aliphatic heterocycles. The summed E-state index contributed by atoms with van der Waals surface area (Å²) in [5, 5.41) is 0.253. The molecular weight excluding hydrogens is 385 g/mol. The van der Waals surface area contributed by atoms with Gasteiger partial charge >= 0.3 is 11.9 Å². The first-order chi connectivity index (χ1) is 12.6. The lowest BCUT2D eigenvalue weighted by atomic mass is 10.1. The second kappa shape index (κ2) is 6.72. The Morgan fingerprint density at radius 2 is 1.78 bits per heavy atom. The topological polar surface area (TPSA) is 89.8 Å². The molecule has 0 bridgehead atoms. The molecule has 3 rings (SSSR count). The number of rotatable bonds is 4. The van der Waals surface area contributed by atoms with Crippen LogP contribution in [0.1, 0.15) is 15.9 Å². The largest absolute Gasteiger partial charge is 0.416 e. The smallest absolute Gasteiger partial charge is 0.327 e. The summed E-state index contributed by atoms with van der Waals surface area (Å²) in [5.41, 5.74) is -1.48. The molecule has 0 spiro atoms. The van der Waals surface area contributed by atoms with Crippen molar-refractivity contribution in [3.8, 4) is 0 Å². The van der Waals surface area contributed by atoms with Gasteiger partial charge < -0.3 is 4.98 Å². The molecule has 27 heavy (non-hydrogen) atoms. The highest BCUT2D eigenvalue weighted by molar-refractivity contribution is 7.99. The molecule has 3 aromatic rings. The second-order valence-corrected chi connectivity index (χ2v) is 6.70. The quantitative estimate of drug-likeness (QED) is 0.536. The van der Waals surface area contributed by atoms with Crippen molar-refractivity contribution >= 4 is 28.7 Å². The first kappa shape index (κ1) is 19.0. The van der Waals surface area contributed by atoms with Crippen LogP contribution in [0.25, 0.3) is 11.2 Å². The number of benzene rings is 1. The molecule has 0 fully saturated rings. The lowest BCUT2D eigenvalue weighted by Gasteiger charge is -2.06. The molecule has 142 valence electrons. The van der Waals surface area contributed by atoms with Gasteiger partial charge in [0.1, 0.15) is 0 Å². The standard InChI is InChI=1S/C16H13F3N4O3S/c1-22-12-11(13(25)23(2)15(22)26)20-14(21-12)27-7-10(24)8-3-5-9(6-4-8)16(17,18)19/h3-6H,7H2,1-2H3,(H,20,21). The van der Waals surface area contributed by atoms with E-state index in [0.717, 1.165) is 40.6 Å². The van der Waals surface area contributed by atoms with Crippen molar-refractivity contribution in [1.29, 1.82) is 0 Å². The third kappa shape index (κ3) is 3.54. The molecule has 1 N–H and O–H groups in total. The fourth-order valence-electron chi connectivity index (χ4n) is 2.44. The third-order valence-corrected chi connectivity index (χ3v) is 4.82. The Balaban J connectivity index is 1.80. The Bertz CT molecular complexity index is 1140. The number of halogens is 3. The van der Waals surface area contributed by atoms with Crippen LogP contribution in [0, 0.1) is 0 Å². The molecule has 1 aromatic carbocycles. The fraction of sp³-hybridized carbons (Fsp3) is 0.250. The molecule has 0 amide bonds. The van der Waals surface area contributed by atoms with Gasteiger partial charge in [0.15, 0.2) is 22.1 Å². The Hall–Kier alpha value is -2.82. The predicted molar refractivity (Wildman–Crippen MR) is 93.1 cm³/mol. The summed E-state index contributed by atoms with van der Waals surface area (Å²) < 4.78 is 39.8. The lowest BCUT2D eigenvalue weighted by Crippen LogP contribution is -2.36. The number of nitrogens with zero attached hydrogens (tertiary/aromatic N) is 3. The van der Waals surface area contributed by atoms with Crippen LogP contribution >= 0.6 is 11.8 Å². The van der Waals surface area contributed by atoms with E-state index in [1.165, 1.54) is 18.7 Å². The Morgan fingerprint density at radius 1 is 1.15 bits per heavy atom. The SMILES string of the molecule is Cn1c(=O)c2[nH]c(SCC(=O)c3ccc(C(F)(F)F)cc3)nc2n(C)c1=O. The summed E-state index contributed by atoms with van der Waals surface area (Å²) in [5.74, 6) is -0.490. The number of hydrogen-bond donors (Lipinski definition) is 1. The minimum absolute atomic E-state index is 0.0978. The molecule has 0 radical (unpaired) electrons. The number of aromatic nitrogens is 4. The van der Waals surface area contributed by atoms with Crippen LogP contribution in [-0.4, -0.2) is 30.6 Å². The summed E-state index contributed by atoms with van der Waals surface area (Å²) in [6, 6.07) is 3.92. The first-order valence-electron chi connectivity index (χ1n) is 7.58. The number of alkyl halides is 3. The number of aryl methyl sites for hydroxylation is 1. The molecule has 11 heteroatoms. The summed E-state index contributed by atoms with van der Waals surface area (Å²) in [4.78, 5) is 43.1. The molecule has 0 aliphatic carbocycles. The van der Waals surface area contributed by atoms with E-state index in [-0.39, 0.29) is 27.6 Å². The van der Waals surface area contributed by atoms with Crippen molar-refractivity contribution in [2.24, 2.45) is 14.1 Å². The van der Waals surface area contributed by atoms with E-state index < -0.39 is 28.8 Å². The maximum atomic E-state index is 12.6. The summed E-state index contributed by atoms with van der Waals surface area (Å²) in [7, 11) is 2.80. The van der Waals surface area contributed by atoms with Gasteiger partial charge in [-0.2, -0.15) is 13.2 Å². The monoisotopic (exact) mass is 398 g/mol. The van der Waals surface area contributed by atoms with E-state index in [1.807, 2.05) is 0 Å². The summed E-state index contributed by atoms with van der Waals surface area (Å²) in [6.07, 6.45) is -4.47. The van der Waals surface area contributed by atoms with E-state index in [9.17, 15) is 27.6 Å². The Labute approximate surface area is 153 Å². The van der Waals surface area contributed by atoms with Crippen LogP contribution in [-0.2, 0) is 20.3 Å². The zero-order chi connectivity index (χ0) is 19.9. The molecule has 7 nitrogen and oxygen atoms in total. The number of nitrogens with one attached hydrogen (secondary N) is 1. The first-order valence-corrected chi connectivity index (χ1v) is 8.57. The van der Waals surface area contributed by atoms with Gasteiger partial charge in [-0.3, -0.25) is 18.7 Å². The van der Waals surface area contributed by atoms with Gasteiger partial charge in [-0.05, 0) is 12.1 Å². The van der Waals surface area contributed by atoms with Crippen LogP contribution < -0.4 is 11.2 Å². The minimum atomic E-state index is -4.47. The molecule has 0 unspecified atom stereocenters. The van der Waals surface area contributed by atoms with Gasteiger partial charge in [0.05, 0.1) is 11.3 Å². The average molecular weight is 398 g/mol. The number of H-pyrrole nitrogens is 1. The molecule has 0 atom stereocenters. The zero-order valence-electron chi connectivity index (χ0n) is 14.1. The van der Waals surface area contributed by atoms with Crippen LogP contribution in [0.2, 0.25) is 0 Å². The Kier molecular flexibility index (Phi) is 4.72. The van der Waals surface area contributed by atoms with Crippen molar-refractivity contribution in [2.45, 2.75) is 11.3 Å². The van der Waals surface area contributed by atoms with Gasteiger partial charge in [0.2, 0.25) is 0 Å². The molecule has 0 saturated heterocycles. The highest BCUT2D eigenvalue weighted by Gasteiger charge is 2.30. The highest BCUT2D eigenvalue weighted by Crippen LogP contribution is 2.29. The number of carbonyl (C=O) groups excluding carboxylic acids is 1. The fourth-order valence-corrected chi connectivity index (χ4v) is 3.20. The normalized spacial score (nSPS) is 11.9. The van der Waals surface area contributed by atoms with E-state index >= 15 is 0 Å².